The number of rotatable bonds is 4. The van der Waals surface area contributed by atoms with Crippen molar-refractivity contribution in [2.24, 2.45) is 0 Å². The van der Waals surface area contributed by atoms with Crippen LogP contribution in [0.5, 0.6) is 0 Å². The van der Waals surface area contributed by atoms with Crippen molar-refractivity contribution in [1.29, 1.82) is 0 Å². The summed E-state index contributed by atoms with van der Waals surface area (Å²) in [6.45, 7) is 2.67. The van der Waals surface area contributed by atoms with Crippen LogP contribution in [0.2, 0.25) is 0 Å². The fraction of sp³-hybridized carbons (Fsp3) is 0.182. The van der Waals surface area contributed by atoms with Crippen molar-refractivity contribution in [2.75, 3.05) is 11.9 Å². The van der Waals surface area contributed by atoms with E-state index in [0.29, 0.717) is 30.0 Å². The van der Waals surface area contributed by atoms with Gasteiger partial charge in [-0.25, -0.2) is 4.98 Å². The Morgan fingerprint density at radius 2 is 2.26 bits per heavy atom. The summed E-state index contributed by atoms with van der Waals surface area (Å²) in [5.74, 6) is 1.87. The number of hydrogen-bond acceptors (Lipinski definition) is 7. The highest BCUT2D eigenvalue weighted by Crippen LogP contribution is 2.17. The number of nitrogens with zero attached hydrogens (tertiary/aromatic N) is 6. The molecule has 96 valence electrons. The Morgan fingerprint density at radius 1 is 1.32 bits per heavy atom. The number of hydrogen-bond donors (Lipinski definition) is 1. The van der Waals surface area contributed by atoms with Crippen molar-refractivity contribution in [1.82, 2.24) is 29.7 Å². The Labute approximate surface area is 108 Å². The Bertz CT molecular complexity index is 595. The van der Waals surface area contributed by atoms with Gasteiger partial charge in [0.1, 0.15) is 12.7 Å². The van der Waals surface area contributed by atoms with Gasteiger partial charge in [0.05, 0.1) is 6.26 Å². The first-order valence-electron chi connectivity index (χ1n) is 5.75. The molecule has 0 unspecified atom stereocenters. The zero-order valence-corrected chi connectivity index (χ0v) is 10.2. The van der Waals surface area contributed by atoms with Crippen molar-refractivity contribution in [3.05, 3.63) is 31.1 Å². The summed E-state index contributed by atoms with van der Waals surface area (Å²) >= 11 is 0. The first-order chi connectivity index (χ1) is 9.36. The second kappa shape index (κ2) is 4.84. The van der Waals surface area contributed by atoms with Gasteiger partial charge in [-0.1, -0.05) is 0 Å². The van der Waals surface area contributed by atoms with Crippen LogP contribution in [-0.4, -0.2) is 36.3 Å². The molecule has 0 amide bonds. The molecule has 3 heterocycles. The molecule has 3 rings (SSSR count). The molecule has 0 aromatic carbocycles. The summed E-state index contributed by atoms with van der Waals surface area (Å²) in [4.78, 5) is 16.7. The lowest BCUT2D eigenvalue weighted by Gasteiger charge is -2.05. The van der Waals surface area contributed by atoms with E-state index >= 15 is 0 Å². The van der Waals surface area contributed by atoms with Crippen LogP contribution in [0.4, 0.5) is 5.95 Å². The molecule has 0 radical (unpaired) electrons. The predicted octanol–water partition coefficient (Wildman–Crippen LogP) is 1.14. The lowest BCUT2D eigenvalue weighted by molar-refractivity contribution is 0.576. The standard InChI is InChI=1S/C11H11N7O/c1-2-13-10-15-9(8-4-3-5-19-8)16-11(17-10)18-7-12-6-14-18/h3-7H,2H2,1H3,(H,13,15,16,17). The first kappa shape index (κ1) is 11.3. The van der Waals surface area contributed by atoms with Crippen LogP contribution in [0.1, 0.15) is 6.92 Å². The predicted molar refractivity (Wildman–Crippen MR) is 66.6 cm³/mol. The van der Waals surface area contributed by atoms with Crippen LogP contribution in [0.3, 0.4) is 0 Å². The van der Waals surface area contributed by atoms with Crippen molar-refractivity contribution in [3.8, 4) is 17.5 Å². The van der Waals surface area contributed by atoms with E-state index in [4.69, 9.17) is 4.42 Å². The molecule has 0 aliphatic heterocycles. The third kappa shape index (κ3) is 2.28. The normalized spacial score (nSPS) is 10.6. The average molecular weight is 257 g/mol. The minimum Gasteiger partial charge on any atom is -0.461 e. The van der Waals surface area contributed by atoms with E-state index in [2.05, 4.69) is 30.4 Å². The highest BCUT2D eigenvalue weighted by atomic mass is 16.3. The highest BCUT2D eigenvalue weighted by Gasteiger charge is 2.11. The minimum absolute atomic E-state index is 0.384. The van der Waals surface area contributed by atoms with Crippen LogP contribution in [0.15, 0.2) is 35.5 Å². The van der Waals surface area contributed by atoms with E-state index in [-0.39, 0.29) is 0 Å². The molecular formula is C11H11N7O. The van der Waals surface area contributed by atoms with E-state index in [0.717, 1.165) is 0 Å². The van der Waals surface area contributed by atoms with Crippen molar-refractivity contribution in [3.63, 3.8) is 0 Å². The maximum Gasteiger partial charge on any atom is 0.257 e. The zero-order valence-electron chi connectivity index (χ0n) is 10.2. The van der Waals surface area contributed by atoms with Gasteiger partial charge in [-0.15, -0.1) is 0 Å². The molecule has 0 saturated carbocycles. The fourth-order valence-corrected chi connectivity index (χ4v) is 1.53. The SMILES string of the molecule is CCNc1nc(-c2ccco2)nc(-n2cncn2)n1. The van der Waals surface area contributed by atoms with Crippen LogP contribution in [0.25, 0.3) is 17.5 Å². The quantitative estimate of drug-likeness (QED) is 0.748. The lowest BCUT2D eigenvalue weighted by Crippen LogP contribution is -2.09. The van der Waals surface area contributed by atoms with E-state index in [1.807, 2.05) is 6.92 Å². The molecule has 8 nitrogen and oxygen atoms in total. The maximum atomic E-state index is 5.30. The molecule has 0 bridgehead atoms. The van der Waals surface area contributed by atoms with Gasteiger partial charge in [-0.05, 0) is 19.1 Å². The maximum absolute atomic E-state index is 5.30. The van der Waals surface area contributed by atoms with Gasteiger partial charge in [-0.2, -0.15) is 24.7 Å². The van der Waals surface area contributed by atoms with Crippen LogP contribution in [-0.2, 0) is 0 Å². The molecule has 0 atom stereocenters. The van der Waals surface area contributed by atoms with Crippen molar-refractivity contribution >= 4 is 5.95 Å². The highest BCUT2D eigenvalue weighted by molar-refractivity contribution is 5.49. The third-order valence-corrected chi connectivity index (χ3v) is 2.32. The molecule has 8 heteroatoms. The van der Waals surface area contributed by atoms with Gasteiger partial charge < -0.3 is 9.73 Å². The zero-order chi connectivity index (χ0) is 13.1. The van der Waals surface area contributed by atoms with Gasteiger partial charge in [-0.3, -0.25) is 0 Å². The van der Waals surface area contributed by atoms with Gasteiger partial charge in [0.15, 0.2) is 5.76 Å². The summed E-state index contributed by atoms with van der Waals surface area (Å²) in [7, 11) is 0. The molecule has 1 N–H and O–H groups in total. The van der Waals surface area contributed by atoms with E-state index in [9.17, 15) is 0 Å². The Morgan fingerprint density at radius 3 is 2.95 bits per heavy atom. The molecule has 0 aliphatic carbocycles. The average Bonchev–Trinajstić information content (AvgIpc) is 3.12. The first-order valence-corrected chi connectivity index (χ1v) is 5.75. The van der Waals surface area contributed by atoms with E-state index < -0.39 is 0 Å². The molecule has 3 aromatic rings. The number of furan rings is 1. The molecule has 3 aromatic heterocycles. The summed E-state index contributed by atoms with van der Waals surface area (Å²) in [6, 6.07) is 3.57. The second-order valence-corrected chi connectivity index (χ2v) is 3.63. The number of aromatic nitrogens is 6. The Kier molecular flexibility index (Phi) is 2.89. The molecular weight excluding hydrogens is 246 g/mol. The second-order valence-electron chi connectivity index (χ2n) is 3.63. The summed E-state index contributed by atoms with van der Waals surface area (Å²) in [5.41, 5.74) is 0. The van der Waals surface area contributed by atoms with Gasteiger partial charge >= 0.3 is 0 Å². The Hall–Kier alpha value is -2.77. The molecule has 0 saturated heterocycles. The smallest absolute Gasteiger partial charge is 0.257 e. The fourth-order valence-electron chi connectivity index (χ4n) is 1.53. The summed E-state index contributed by atoms with van der Waals surface area (Å²) in [5, 5.41) is 7.05. The van der Waals surface area contributed by atoms with Gasteiger partial charge in [0, 0.05) is 6.54 Å². The molecule has 0 aliphatic rings. The van der Waals surface area contributed by atoms with Crippen LogP contribution in [0, 0.1) is 0 Å². The van der Waals surface area contributed by atoms with E-state index in [1.54, 1.807) is 18.4 Å². The van der Waals surface area contributed by atoms with Crippen LogP contribution >= 0.6 is 0 Å². The molecule has 19 heavy (non-hydrogen) atoms. The molecule has 0 fully saturated rings. The summed E-state index contributed by atoms with van der Waals surface area (Å²) in [6.07, 6.45) is 4.52. The third-order valence-electron chi connectivity index (χ3n) is 2.32. The molecule has 0 spiro atoms. The van der Waals surface area contributed by atoms with Crippen molar-refractivity contribution in [2.45, 2.75) is 6.92 Å². The summed E-state index contributed by atoms with van der Waals surface area (Å²) < 4.78 is 6.77. The lowest BCUT2D eigenvalue weighted by atomic mass is 10.4. The Balaban J connectivity index is 2.09. The van der Waals surface area contributed by atoms with Gasteiger partial charge in [0.25, 0.3) is 5.95 Å². The van der Waals surface area contributed by atoms with Crippen LogP contribution < -0.4 is 5.32 Å². The number of nitrogens with one attached hydrogen (secondary N) is 1. The largest absolute Gasteiger partial charge is 0.461 e. The topological polar surface area (TPSA) is 94.6 Å². The minimum atomic E-state index is 0.384. The number of anilines is 1. The van der Waals surface area contributed by atoms with E-state index in [1.165, 1.54) is 17.3 Å². The van der Waals surface area contributed by atoms with Gasteiger partial charge in [0.2, 0.25) is 11.8 Å². The van der Waals surface area contributed by atoms with Crippen molar-refractivity contribution < 1.29 is 4.42 Å². The monoisotopic (exact) mass is 257 g/mol.